The first-order valence-corrected chi connectivity index (χ1v) is 11.7. The number of ether oxygens (including phenoxy) is 1. The van der Waals surface area contributed by atoms with Crippen molar-refractivity contribution < 1.29 is 17.9 Å². The number of benzene rings is 2. The number of hydrogen-bond donors (Lipinski definition) is 1. The predicted molar refractivity (Wildman–Crippen MR) is 118 cm³/mol. The first-order valence-electron chi connectivity index (χ1n) is 9.84. The zero-order chi connectivity index (χ0) is 21.3. The highest BCUT2D eigenvalue weighted by molar-refractivity contribution is 7.92. The molecule has 0 saturated heterocycles. The van der Waals surface area contributed by atoms with Gasteiger partial charge in [0.25, 0.3) is 0 Å². The first-order chi connectivity index (χ1) is 13.8. The van der Waals surface area contributed by atoms with Gasteiger partial charge in [0.2, 0.25) is 15.9 Å². The van der Waals surface area contributed by atoms with Gasteiger partial charge in [-0.25, -0.2) is 8.42 Å². The van der Waals surface area contributed by atoms with Crippen molar-refractivity contribution in [3.8, 4) is 5.75 Å². The smallest absolute Gasteiger partial charge is 0.232 e. The lowest BCUT2D eigenvalue weighted by molar-refractivity contribution is -0.116. The summed E-state index contributed by atoms with van der Waals surface area (Å²) in [5, 5.41) is 2.87. The third-order valence-electron chi connectivity index (χ3n) is 4.58. The van der Waals surface area contributed by atoms with Crippen LogP contribution in [0, 0.1) is 0 Å². The predicted octanol–water partition coefficient (Wildman–Crippen LogP) is 4.22. The molecule has 0 aromatic heterocycles. The lowest BCUT2D eigenvalue weighted by Gasteiger charge is -2.22. The van der Waals surface area contributed by atoms with Crippen LogP contribution in [0.1, 0.15) is 38.2 Å². The van der Waals surface area contributed by atoms with Crippen molar-refractivity contribution in [1.82, 2.24) is 0 Å². The van der Waals surface area contributed by atoms with Gasteiger partial charge in [0, 0.05) is 18.7 Å². The van der Waals surface area contributed by atoms with E-state index in [-0.39, 0.29) is 18.9 Å². The van der Waals surface area contributed by atoms with Gasteiger partial charge >= 0.3 is 0 Å². The van der Waals surface area contributed by atoms with E-state index in [1.807, 2.05) is 24.3 Å². The van der Waals surface area contributed by atoms with Crippen LogP contribution < -0.4 is 14.4 Å². The summed E-state index contributed by atoms with van der Waals surface area (Å²) in [5.74, 6) is 0.525. The zero-order valence-corrected chi connectivity index (χ0v) is 18.2. The van der Waals surface area contributed by atoms with Crippen LogP contribution in [0.5, 0.6) is 5.75 Å². The van der Waals surface area contributed by atoms with Crippen molar-refractivity contribution in [3.05, 3.63) is 54.1 Å². The number of carbonyl (C=O) groups is 1. The second-order valence-corrected chi connectivity index (χ2v) is 8.89. The molecule has 0 heterocycles. The Hall–Kier alpha value is -2.54. The fourth-order valence-electron chi connectivity index (χ4n) is 2.98. The van der Waals surface area contributed by atoms with Crippen molar-refractivity contribution >= 4 is 27.3 Å². The van der Waals surface area contributed by atoms with Crippen molar-refractivity contribution in [1.29, 1.82) is 0 Å². The lowest BCUT2D eigenvalue weighted by Crippen LogP contribution is -2.31. The summed E-state index contributed by atoms with van der Waals surface area (Å²) < 4.78 is 30.7. The average molecular weight is 419 g/mol. The van der Waals surface area contributed by atoms with E-state index < -0.39 is 10.0 Å². The minimum Gasteiger partial charge on any atom is -0.497 e. The second-order valence-electron chi connectivity index (χ2n) is 6.99. The Bertz CT molecular complexity index is 878. The van der Waals surface area contributed by atoms with Gasteiger partial charge in [-0.15, -0.1) is 0 Å². The minimum absolute atomic E-state index is 0.130. The third kappa shape index (κ3) is 7.42. The van der Waals surface area contributed by atoms with Crippen LogP contribution in [0.15, 0.2) is 48.5 Å². The number of nitrogens with one attached hydrogen (secondary N) is 1. The highest BCUT2D eigenvalue weighted by Gasteiger charge is 2.17. The van der Waals surface area contributed by atoms with Crippen LogP contribution >= 0.6 is 0 Å². The van der Waals surface area contributed by atoms with Crippen molar-refractivity contribution in [3.63, 3.8) is 0 Å². The fourth-order valence-corrected chi connectivity index (χ4v) is 3.94. The Kier molecular flexibility index (Phi) is 8.51. The maximum absolute atomic E-state index is 12.2. The Balaban J connectivity index is 1.89. The Morgan fingerprint density at radius 1 is 1.03 bits per heavy atom. The molecule has 0 spiro atoms. The van der Waals surface area contributed by atoms with E-state index in [4.69, 9.17) is 4.74 Å². The molecule has 2 rings (SSSR count). The van der Waals surface area contributed by atoms with Crippen LogP contribution in [0.25, 0.3) is 0 Å². The van der Waals surface area contributed by atoms with E-state index >= 15 is 0 Å². The Labute approximate surface area is 173 Å². The third-order valence-corrected chi connectivity index (χ3v) is 5.78. The quantitative estimate of drug-likeness (QED) is 0.593. The number of hydrogen-bond acceptors (Lipinski definition) is 4. The molecule has 0 aliphatic carbocycles. The van der Waals surface area contributed by atoms with Crippen molar-refractivity contribution in [2.75, 3.05) is 29.5 Å². The summed E-state index contributed by atoms with van der Waals surface area (Å²) in [6.07, 6.45) is 5.16. The van der Waals surface area contributed by atoms with Gasteiger partial charge < -0.3 is 10.1 Å². The van der Waals surface area contributed by atoms with Crippen LogP contribution in [0.3, 0.4) is 0 Å². The van der Waals surface area contributed by atoms with Crippen LogP contribution in [-0.2, 0) is 21.2 Å². The number of rotatable bonds is 11. The number of methoxy groups -OCH3 is 1. The molecule has 0 unspecified atom stereocenters. The highest BCUT2D eigenvalue weighted by Crippen LogP contribution is 2.22. The molecule has 0 aliphatic heterocycles. The highest BCUT2D eigenvalue weighted by atomic mass is 32.2. The molecule has 7 heteroatoms. The number of nitrogens with zero attached hydrogens (tertiary/aromatic N) is 1. The van der Waals surface area contributed by atoms with Crippen molar-refractivity contribution in [2.24, 2.45) is 0 Å². The summed E-state index contributed by atoms with van der Waals surface area (Å²) in [6, 6.07) is 14.7. The standard InChI is InChI=1S/C22H30N2O4S/c1-4-5-7-18-9-11-19(12-10-18)23-22(25)8-6-17-24(29(3,26)27)20-13-15-21(28-2)16-14-20/h9-16H,4-8,17H2,1-3H3,(H,23,25). The van der Waals surface area contributed by atoms with Gasteiger partial charge in [-0.3, -0.25) is 9.10 Å². The van der Waals surface area contributed by atoms with E-state index in [0.29, 0.717) is 17.9 Å². The van der Waals surface area contributed by atoms with E-state index in [1.165, 1.54) is 9.87 Å². The normalized spacial score (nSPS) is 11.1. The lowest BCUT2D eigenvalue weighted by atomic mass is 10.1. The molecule has 158 valence electrons. The van der Waals surface area contributed by atoms with E-state index in [2.05, 4.69) is 12.2 Å². The van der Waals surface area contributed by atoms with Crippen LogP contribution in [0.2, 0.25) is 0 Å². The molecule has 2 aromatic carbocycles. The van der Waals surface area contributed by atoms with E-state index in [1.54, 1.807) is 31.4 Å². The van der Waals surface area contributed by atoms with E-state index in [0.717, 1.165) is 31.2 Å². The topological polar surface area (TPSA) is 75.7 Å². The van der Waals surface area contributed by atoms with Crippen LogP contribution in [-0.4, -0.2) is 34.2 Å². The monoisotopic (exact) mass is 418 g/mol. The number of amides is 1. The molecular weight excluding hydrogens is 388 g/mol. The van der Waals surface area contributed by atoms with Gasteiger partial charge in [-0.05, 0) is 61.2 Å². The minimum atomic E-state index is -3.45. The van der Waals surface area contributed by atoms with Crippen LogP contribution in [0.4, 0.5) is 11.4 Å². The number of sulfonamides is 1. The molecule has 0 atom stereocenters. The maximum Gasteiger partial charge on any atom is 0.232 e. The molecule has 0 radical (unpaired) electrons. The van der Waals surface area contributed by atoms with Gasteiger partial charge in [-0.2, -0.15) is 0 Å². The molecule has 0 bridgehead atoms. The molecule has 1 N–H and O–H groups in total. The number of carbonyl (C=O) groups excluding carboxylic acids is 1. The summed E-state index contributed by atoms with van der Waals surface area (Å²) >= 11 is 0. The number of unbranched alkanes of at least 4 members (excludes halogenated alkanes) is 1. The SMILES string of the molecule is CCCCc1ccc(NC(=O)CCCN(c2ccc(OC)cc2)S(C)(=O)=O)cc1. The van der Waals surface area contributed by atoms with Crippen molar-refractivity contribution in [2.45, 2.75) is 39.0 Å². The molecule has 0 aliphatic rings. The van der Waals surface area contributed by atoms with Gasteiger partial charge in [0.1, 0.15) is 5.75 Å². The van der Waals surface area contributed by atoms with E-state index in [9.17, 15) is 13.2 Å². The number of anilines is 2. The molecule has 0 saturated carbocycles. The summed E-state index contributed by atoms with van der Waals surface area (Å²) in [7, 11) is -1.89. The molecule has 2 aromatic rings. The second kappa shape index (κ2) is 10.9. The zero-order valence-electron chi connectivity index (χ0n) is 17.3. The Morgan fingerprint density at radius 2 is 1.69 bits per heavy atom. The first kappa shape index (κ1) is 22.7. The largest absolute Gasteiger partial charge is 0.497 e. The number of aryl methyl sites for hydroxylation is 1. The molecule has 0 fully saturated rings. The van der Waals surface area contributed by atoms with Gasteiger partial charge in [0.05, 0.1) is 19.1 Å². The van der Waals surface area contributed by atoms with Gasteiger partial charge in [-0.1, -0.05) is 25.5 Å². The summed E-state index contributed by atoms with van der Waals surface area (Å²) in [5.41, 5.74) is 2.56. The molecule has 1 amide bonds. The molecule has 6 nitrogen and oxygen atoms in total. The molecule has 29 heavy (non-hydrogen) atoms. The summed E-state index contributed by atoms with van der Waals surface area (Å²) in [4.78, 5) is 12.2. The fraction of sp³-hybridized carbons (Fsp3) is 0.409. The summed E-state index contributed by atoms with van der Waals surface area (Å²) in [6.45, 7) is 2.39. The Morgan fingerprint density at radius 3 is 2.24 bits per heavy atom. The average Bonchev–Trinajstić information content (AvgIpc) is 2.70. The maximum atomic E-state index is 12.2. The molecular formula is C22H30N2O4S. The van der Waals surface area contributed by atoms with Gasteiger partial charge in [0.15, 0.2) is 0 Å².